The Labute approximate surface area is 124 Å². The summed E-state index contributed by atoms with van der Waals surface area (Å²) < 4.78 is 5.41. The van der Waals surface area contributed by atoms with Crippen LogP contribution in [0.25, 0.3) is 0 Å². The molecule has 1 N–H and O–H groups in total. The van der Waals surface area contributed by atoms with Crippen LogP contribution in [0.3, 0.4) is 0 Å². The number of nitrogens with zero attached hydrogens (tertiary/aromatic N) is 3. The van der Waals surface area contributed by atoms with E-state index in [1.165, 1.54) is 0 Å². The molecule has 0 amide bonds. The van der Waals surface area contributed by atoms with Gasteiger partial charge in [-0.15, -0.1) is 0 Å². The first-order valence-corrected chi connectivity index (χ1v) is 7.05. The van der Waals surface area contributed by atoms with Crippen molar-refractivity contribution in [1.82, 2.24) is 9.88 Å². The minimum absolute atomic E-state index is 0.725. The fourth-order valence-electron chi connectivity index (χ4n) is 2.14. The number of morpholine rings is 1. The van der Waals surface area contributed by atoms with E-state index in [0.717, 1.165) is 43.6 Å². The maximum atomic E-state index is 5.41. The number of guanidine groups is 1. The molecule has 2 aromatic rings. The molecule has 0 unspecified atom stereocenters. The molecule has 3 rings (SSSR count). The van der Waals surface area contributed by atoms with E-state index in [1.54, 1.807) is 12.4 Å². The van der Waals surface area contributed by atoms with Gasteiger partial charge in [0.15, 0.2) is 0 Å². The Balaban J connectivity index is 1.85. The molecule has 1 saturated heterocycles. The van der Waals surface area contributed by atoms with Crippen molar-refractivity contribution in [3.05, 3.63) is 54.9 Å². The van der Waals surface area contributed by atoms with Crippen LogP contribution >= 0.6 is 0 Å². The molecule has 1 aliphatic heterocycles. The van der Waals surface area contributed by atoms with Gasteiger partial charge in [-0.25, -0.2) is 4.99 Å². The third-order valence-corrected chi connectivity index (χ3v) is 3.22. The lowest BCUT2D eigenvalue weighted by Crippen LogP contribution is -2.44. The van der Waals surface area contributed by atoms with Gasteiger partial charge in [-0.1, -0.05) is 18.2 Å². The highest BCUT2D eigenvalue weighted by molar-refractivity contribution is 5.95. The molecule has 2 heterocycles. The lowest BCUT2D eigenvalue weighted by molar-refractivity contribution is 0.0680. The van der Waals surface area contributed by atoms with Crippen molar-refractivity contribution >= 4 is 17.3 Å². The second kappa shape index (κ2) is 6.85. The first kappa shape index (κ1) is 13.6. The number of ether oxygens (including phenoxy) is 1. The standard InChI is InChI=1S/C16H18N4O/c1-2-5-14(6-3-1)18-16(20-9-11-21-12-10-20)19-15-7-4-8-17-13-15/h1-8,13H,9-12H2,(H,18,19). The smallest absolute Gasteiger partial charge is 0.203 e. The largest absolute Gasteiger partial charge is 0.378 e. The van der Waals surface area contributed by atoms with Crippen LogP contribution in [0.4, 0.5) is 11.4 Å². The van der Waals surface area contributed by atoms with Gasteiger partial charge in [0, 0.05) is 19.3 Å². The SMILES string of the molecule is c1ccc(N=C(Nc2cccnc2)N2CCOCC2)cc1. The summed E-state index contributed by atoms with van der Waals surface area (Å²) in [7, 11) is 0. The number of aromatic nitrogens is 1. The van der Waals surface area contributed by atoms with Gasteiger partial charge in [0.05, 0.1) is 30.8 Å². The minimum Gasteiger partial charge on any atom is -0.378 e. The van der Waals surface area contributed by atoms with Crippen LogP contribution in [-0.4, -0.2) is 42.1 Å². The molecule has 1 aromatic carbocycles. The van der Waals surface area contributed by atoms with Crippen molar-refractivity contribution in [1.29, 1.82) is 0 Å². The second-order valence-electron chi connectivity index (χ2n) is 4.74. The number of anilines is 1. The Morgan fingerprint density at radius 3 is 2.62 bits per heavy atom. The quantitative estimate of drug-likeness (QED) is 0.679. The molecular formula is C16H18N4O. The lowest BCUT2D eigenvalue weighted by atomic mass is 10.3. The third kappa shape index (κ3) is 3.79. The predicted octanol–water partition coefficient (Wildman–Crippen LogP) is 2.51. The van der Waals surface area contributed by atoms with E-state index in [4.69, 9.17) is 9.73 Å². The molecule has 0 bridgehead atoms. The highest BCUT2D eigenvalue weighted by atomic mass is 16.5. The van der Waals surface area contributed by atoms with E-state index >= 15 is 0 Å². The van der Waals surface area contributed by atoms with E-state index in [1.807, 2.05) is 42.5 Å². The summed E-state index contributed by atoms with van der Waals surface area (Å²) in [6, 6.07) is 13.8. The third-order valence-electron chi connectivity index (χ3n) is 3.22. The van der Waals surface area contributed by atoms with Gasteiger partial charge in [0.25, 0.3) is 0 Å². The van der Waals surface area contributed by atoms with Crippen LogP contribution in [0.15, 0.2) is 59.9 Å². The first-order valence-electron chi connectivity index (χ1n) is 7.05. The maximum absolute atomic E-state index is 5.41. The van der Waals surface area contributed by atoms with Crippen molar-refractivity contribution in [2.45, 2.75) is 0 Å². The van der Waals surface area contributed by atoms with Gasteiger partial charge in [-0.2, -0.15) is 0 Å². The molecule has 0 spiro atoms. The second-order valence-corrected chi connectivity index (χ2v) is 4.74. The maximum Gasteiger partial charge on any atom is 0.203 e. The minimum atomic E-state index is 0.725. The molecule has 1 aromatic heterocycles. The molecule has 0 radical (unpaired) electrons. The number of aliphatic imine (C=N–C) groups is 1. The van der Waals surface area contributed by atoms with Crippen LogP contribution in [0.5, 0.6) is 0 Å². The number of rotatable bonds is 2. The molecule has 1 aliphatic rings. The van der Waals surface area contributed by atoms with Crippen LogP contribution in [0.2, 0.25) is 0 Å². The van der Waals surface area contributed by atoms with Crippen LogP contribution < -0.4 is 5.32 Å². The number of hydrogen-bond donors (Lipinski definition) is 1. The van der Waals surface area contributed by atoms with Gasteiger partial charge >= 0.3 is 0 Å². The van der Waals surface area contributed by atoms with E-state index in [-0.39, 0.29) is 0 Å². The monoisotopic (exact) mass is 282 g/mol. The molecule has 5 nitrogen and oxygen atoms in total. The number of para-hydroxylation sites is 1. The van der Waals surface area contributed by atoms with Crippen molar-refractivity contribution < 1.29 is 4.74 Å². The average Bonchev–Trinajstić information content (AvgIpc) is 2.57. The Bertz CT molecular complexity index is 580. The summed E-state index contributed by atoms with van der Waals surface area (Å²) in [5, 5.41) is 3.36. The highest BCUT2D eigenvalue weighted by Crippen LogP contribution is 2.14. The van der Waals surface area contributed by atoms with Crippen molar-refractivity contribution in [3.8, 4) is 0 Å². The highest BCUT2D eigenvalue weighted by Gasteiger charge is 2.15. The lowest BCUT2D eigenvalue weighted by Gasteiger charge is -2.30. The number of benzene rings is 1. The van der Waals surface area contributed by atoms with Gasteiger partial charge in [0.2, 0.25) is 5.96 Å². The molecule has 5 heteroatoms. The molecule has 21 heavy (non-hydrogen) atoms. The summed E-state index contributed by atoms with van der Waals surface area (Å²) >= 11 is 0. The summed E-state index contributed by atoms with van der Waals surface area (Å²) in [6.45, 7) is 3.11. The van der Waals surface area contributed by atoms with Crippen molar-refractivity contribution in [2.75, 3.05) is 31.6 Å². The number of hydrogen-bond acceptors (Lipinski definition) is 3. The van der Waals surface area contributed by atoms with E-state index < -0.39 is 0 Å². The van der Waals surface area contributed by atoms with Gasteiger partial charge < -0.3 is 15.0 Å². The Morgan fingerprint density at radius 2 is 1.90 bits per heavy atom. The summed E-state index contributed by atoms with van der Waals surface area (Å²) in [4.78, 5) is 11.1. The van der Waals surface area contributed by atoms with E-state index in [2.05, 4.69) is 15.2 Å². The van der Waals surface area contributed by atoms with Crippen molar-refractivity contribution in [2.24, 2.45) is 4.99 Å². The predicted molar refractivity (Wildman–Crippen MR) is 83.8 cm³/mol. The molecule has 0 aliphatic carbocycles. The van der Waals surface area contributed by atoms with Gasteiger partial charge in [-0.3, -0.25) is 4.98 Å². The zero-order valence-electron chi connectivity index (χ0n) is 11.8. The zero-order valence-corrected chi connectivity index (χ0v) is 11.8. The van der Waals surface area contributed by atoms with E-state index in [9.17, 15) is 0 Å². The molecular weight excluding hydrogens is 264 g/mol. The fraction of sp³-hybridized carbons (Fsp3) is 0.250. The number of nitrogens with one attached hydrogen (secondary N) is 1. The van der Waals surface area contributed by atoms with Crippen LogP contribution in [-0.2, 0) is 4.74 Å². The Morgan fingerprint density at radius 1 is 1.10 bits per heavy atom. The molecule has 0 atom stereocenters. The summed E-state index contributed by atoms with van der Waals surface area (Å²) in [5.74, 6) is 0.831. The fourth-order valence-corrected chi connectivity index (χ4v) is 2.14. The molecule has 1 fully saturated rings. The van der Waals surface area contributed by atoms with Gasteiger partial charge in [0.1, 0.15) is 0 Å². The molecule has 108 valence electrons. The zero-order chi connectivity index (χ0) is 14.3. The average molecular weight is 282 g/mol. The summed E-state index contributed by atoms with van der Waals surface area (Å²) in [5.41, 5.74) is 1.86. The number of pyridine rings is 1. The first-order chi connectivity index (χ1) is 10.4. The van der Waals surface area contributed by atoms with Crippen LogP contribution in [0, 0.1) is 0 Å². The summed E-state index contributed by atoms with van der Waals surface area (Å²) in [6.07, 6.45) is 3.55. The van der Waals surface area contributed by atoms with Crippen molar-refractivity contribution in [3.63, 3.8) is 0 Å². The normalized spacial score (nSPS) is 15.8. The van der Waals surface area contributed by atoms with Crippen LogP contribution in [0.1, 0.15) is 0 Å². The van der Waals surface area contributed by atoms with E-state index in [0.29, 0.717) is 0 Å². The Hall–Kier alpha value is -2.40. The molecule has 0 saturated carbocycles. The van der Waals surface area contributed by atoms with Gasteiger partial charge in [-0.05, 0) is 24.3 Å². The topological polar surface area (TPSA) is 49.8 Å². The Kier molecular flexibility index (Phi) is 4.43.